The van der Waals surface area contributed by atoms with Crippen molar-refractivity contribution >= 4 is 0 Å². The van der Waals surface area contributed by atoms with Crippen LogP contribution in [0.1, 0.15) is 66.2 Å². The first-order valence-corrected chi connectivity index (χ1v) is 8.14. The normalized spacial score (nSPS) is 20.5. The van der Waals surface area contributed by atoms with Crippen LogP contribution in [0.3, 0.4) is 0 Å². The number of hydrogen-bond acceptors (Lipinski definition) is 2. The first kappa shape index (κ1) is 16.0. The largest absolute Gasteiger partial charge is 0.314 e. The van der Waals surface area contributed by atoms with E-state index < -0.39 is 0 Å². The molecule has 2 heteroatoms. The molecule has 2 nitrogen and oxygen atoms in total. The summed E-state index contributed by atoms with van der Waals surface area (Å²) >= 11 is 0. The van der Waals surface area contributed by atoms with Gasteiger partial charge in [-0.05, 0) is 57.5 Å². The van der Waals surface area contributed by atoms with E-state index >= 15 is 0 Å². The topological polar surface area (TPSA) is 15.3 Å². The number of nitrogens with one attached hydrogen (secondary N) is 1. The predicted molar refractivity (Wildman–Crippen MR) is 81.0 cm³/mol. The van der Waals surface area contributed by atoms with E-state index in [0.29, 0.717) is 0 Å². The standard InChI is InChI=1S/C16H34N2/c1-5-16(6-2)18(13-14(3)4)12-8-10-15-9-7-11-17-15/h14-17H,5-13H2,1-4H3. The van der Waals surface area contributed by atoms with Gasteiger partial charge in [-0.25, -0.2) is 0 Å². The molecule has 1 aliphatic rings. The molecule has 1 atom stereocenters. The molecule has 1 aliphatic heterocycles. The molecule has 108 valence electrons. The summed E-state index contributed by atoms with van der Waals surface area (Å²) in [6.45, 7) is 13.2. The van der Waals surface area contributed by atoms with Crippen molar-refractivity contribution in [3.8, 4) is 0 Å². The summed E-state index contributed by atoms with van der Waals surface area (Å²) in [6.07, 6.45) is 8.10. The number of rotatable bonds is 9. The van der Waals surface area contributed by atoms with Crippen LogP contribution < -0.4 is 5.32 Å². The van der Waals surface area contributed by atoms with Crippen LogP contribution in [0.15, 0.2) is 0 Å². The summed E-state index contributed by atoms with van der Waals surface area (Å²) in [4.78, 5) is 2.74. The minimum Gasteiger partial charge on any atom is -0.314 e. The SMILES string of the molecule is CCC(CC)N(CCCC1CCCN1)CC(C)C. The second-order valence-electron chi connectivity index (χ2n) is 6.29. The van der Waals surface area contributed by atoms with Crippen LogP contribution >= 0.6 is 0 Å². The molecule has 1 N–H and O–H groups in total. The van der Waals surface area contributed by atoms with Crippen molar-refractivity contribution in [3.63, 3.8) is 0 Å². The van der Waals surface area contributed by atoms with Crippen LogP contribution in [0.4, 0.5) is 0 Å². The molecule has 1 saturated heterocycles. The molecule has 1 fully saturated rings. The van der Waals surface area contributed by atoms with Crippen molar-refractivity contribution in [2.24, 2.45) is 5.92 Å². The van der Waals surface area contributed by atoms with E-state index in [1.807, 2.05) is 0 Å². The van der Waals surface area contributed by atoms with Gasteiger partial charge in [0.05, 0.1) is 0 Å². The van der Waals surface area contributed by atoms with Crippen molar-refractivity contribution in [1.82, 2.24) is 10.2 Å². The van der Waals surface area contributed by atoms with E-state index in [1.165, 1.54) is 58.2 Å². The lowest BCUT2D eigenvalue weighted by molar-refractivity contribution is 0.161. The van der Waals surface area contributed by atoms with E-state index in [-0.39, 0.29) is 0 Å². The van der Waals surface area contributed by atoms with Crippen molar-refractivity contribution in [2.45, 2.75) is 78.3 Å². The Morgan fingerprint density at radius 2 is 1.94 bits per heavy atom. The number of hydrogen-bond donors (Lipinski definition) is 1. The first-order valence-electron chi connectivity index (χ1n) is 8.14. The van der Waals surface area contributed by atoms with Gasteiger partial charge in [0.15, 0.2) is 0 Å². The third kappa shape index (κ3) is 5.71. The quantitative estimate of drug-likeness (QED) is 0.675. The van der Waals surface area contributed by atoms with Gasteiger partial charge in [-0.15, -0.1) is 0 Å². The van der Waals surface area contributed by atoms with E-state index in [2.05, 4.69) is 37.9 Å². The van der Waals surface area contributed by atoms with E-state index in [0.717, 1.165) is 18.0 Å². The van der Waals surface area contributed by atoms with E-state index in [9.17, 15) is 0 Å². The van der Waals surface area contributed by atoms with Gasteiger partial charge in [0.1, 0.15) is 0 Å². The lowest BCUT2D eigenvalue weighted by atomic mass is 10.1. The van der Waals surface area contributed by atoms with Crippen molar-refractivity contribution in [1.29, 1.82) is 0 Å². The summed E-state index contributed by atoms with van der Waals surface area (Å²) in [5, 5.41) is 3.61. The highest BCUT2D eigenvalue weighted by Crippen LogP contribution is 2.15. The van der Waals surface area contributed by atoms with E-state index in [4.69, 9.17) is 0 Å². The lowest BCUT2D eigenvalue weighted by Crippen LogP contribution is -2.38. The average molecular weight is 254 g/mol. The van der Waals surface area contributed by atoms with Crippen LogP contribution in [0, 0.1) is 5.92 Å². The maximum absolute atomic E-state index is 3.61. The van der Waals surface area contributed by atoms with Gasteiger partial charge in [0, 0.05) is 18.6 Å². The van der Waals surface area contributed by atoms with E-state index in [1.54, 1.807) is 0 Å². The van der Waals surface area contributed by atoms with Gasteiger partial charge in [-0.1, -0.05) is 27.7 Å². The van der Waals surface area contributed by atoms with Crippen LogP contribution in [0.25, 0.3) is 0 Å². The molecule has 0 aromatic heterocycles. The minimum absolute atomic E-state index is 0.787. The molecule has 0 aromatic rings. The summed E-state index contributed by atoms with van der Waals surface area (Å²) in [6, 6.07) is 1.61. The second-order valence-corrected chi connectivity index (χ2v) is 6.29. The molecule has 1 rings (SSSR count). The zero-order chi connectivity index (χ0) is 13.4. The summed E-state index contributed by atoms with van der Waals surface area (Å²) in [5.41, 5.74) is 0. The molecule has 0 radical (unpaired) electrons. The summed E-state index contributed by atoms with van der Waals surface area (Å²) in [5.74, 6) is 0.787. The van der Waals surface area contributed by atoms with Crippen LogP contribution in [-0.2, 0) is 0 Å². The summed E-state index contributed by atoms with van der Waals surface area (Å²) < 4.78 is 0. The molecule has 0 amide bonds. The highest BCUT2D eigenvalue weighted by molar-refractivity contribution is 4.76. The maximum atomic E-state index is 3.61. The predicted octanol–water partition coefficient (Wildman–Crippen LogP) is 3.67. The Hall–Kier alpha value is -0.0800. The zero-order valence-electron chi connectivity index (χ0n) is 13.0. The molecule has 1 heterocycles. The molecule has 0 saturated carbocycles. The highest BCUT2D eigenvalue weighted by Gasteiger charge is 2.18. The lowest BCUT2D eigenvalue weighted by Gasteiger charge is -2.32. The second kappa shape index (κ2) is 8.92. The Balaban J connectivity index is 2.29. The minimum atomic E-state index is 0.787. The Bertz CT molecular complexity index is 193. The first-order chi connectivity index (χ1) is 8.67. The third-order valence-electron chi connectivity index (χ3n) is 4.22. The fourth-order valence-electron chi connectivity index (χ4n) is 3.24. The van der Waals surface area contributed by atoms with Crippen molar-refractivity contribution in [2.75, 3.05) is 19.6 Å². The molecule has 18 heavy (non-hydrogen) atoms. The van der Waals surface area contributed by atoms with Gasteiger partial charge in [0.25, 0.3) is 0 Å². The fourth-order valence-corrected chi connectivity index (χ4v) is 3.24. The molecule has 0 aromatic carbocycles. The van der Waals surface area contributed by atoms with Crippen LogP contribution in [-0.4, -0.2) is 36.6 Å². The van der Waals surface area contributed by atoms with Gasteiger partial charge < -0.3 is 10.2 Å². The monoisotopic (exact) mass is 254 g/mol. The van der Waals surface area contributed by atoms with Crippen LogP contribution in [0.2, 0.25) is 0 Å². The Kier molecular flexibility index (Phi) is 7.92. The Morgan fingerprint density at radius 1 is 1.22 bits per heavy atom. The maximum Gasteiger partial charge on any atom is 0.00901 e. The highest BCUT2D eigenvalue weighted by atomic mass is 15.1. The molecule has 0 aliphatic carbocycles. The van der Waals surface area contributed by atoms with Gasteiger partial charge in [-0.3, -0.25) is 0 Å². The zero-order valence-corrected chi connectivity index (χ0v) is 13.0. The molecule has 0 bridgehead atoms. The van der Waals surface area contributed by atoms with Gasteiger partial charge in [-0.2, -0.15) is 0 Å². The van der Waals surface area contributed by atoms with Crippen LogP contribution in [0.5, 0.6) is 0 Å². The molecule has 0 spiro atoms. The Morgan fingerprint density at radius 3 is 2.44 bits per heavy atom. The molecular formula is C16H34N2. The fraction of sp³-hybridized carbons (Fsp3) is 1.00. The van der Waals surface area contributed by atoms with Gasteiger partial charge >= 0.3 is 0 Å². The average Bonchev–Trinajstić information content (AvgIpc) is 2.82. The Labute approximate surface area is 115 Å². The third-order valence-corrected chi connectivity index (χ3v) is 4.22. The summed E-state index contributed by atoms with van der Waals surface area (Å²) in [7, 11) is 0. The molecule has 1 unspecified atom stereocenters. The smallest absolute Gasteiger partial charge is 0.00901 e. The van der Waals surface area contributed by atoms with Crippen molar-refractivity contribution < 1.29 is 0 Å². The molecular weight excluding hydrogens is 220 g/mol. The van der Waals surface area contributed by atoms with Crippen molar-refractivity contribution in [3.05, 3.63) is 0 Å². The van der Waals surface area contributed by atoms with Gasteiger partial charge in [0.2, 0.25) is 0 Å². The number of nitrogens with zero attached hydrogens (tertiary/aromatic N) is 1.